The van der Waals surface area contributed by atoms with Crippen molar-refractivity contribution in [1.29, 1.82) is 0 Å². The highest BCUT2D eigenvalue weighted by molar-refractivity contribution is 5.98. The number of benzene rings is 1. The fraction of sp³-hybridized carbons (Fsp3) is 0.211. The van der Waals surface area contributed by atoms with Crippen LogP contribution < -0.4 is 21.9 Å². The van der Waals surface area contributed by atoms with Gasteiger partial charge in [0, 0.05) is 31.3 Å². The van der Waals surface area contributed by atoms with E-state index in [4.69, 9.17) is 0 Å². The highest BCUT2D eigenvalue weighted by atomic mass is 16.2. The third-order valence-corrected chi connectivity index (χ3v) is 4.14. The molecule has 0 aliphatic carbocycles. The number of fused-ring (bicyclic) bond motifs is 1. The molecule has 0 radical (unpaired) electrons. The number of hydrogen-bond donors (Lipinski definition) is 3. The third kappa shape index (κ3) is 4.14. The molecule has 0 saturated heterocycles. The fourth-order valence-electron chi connectivity index (χ4n) is 2.73. The van der Waals surface area contributed by atoms with Crippen LogP contribution in [0.2, 0.25) is 0 Å². The van der Waals surface area contributed by atoms with Crippen LogP contribution in [0.25, 0.3) is 10.9 Å². The number of H-pyrrole nitrogens is 1. The Balaban J connectivity index is 1.64. The molecule has 0 unspecified atom stereocenters. The average molecular weight is 381 g/mol. The van der Waals surface area contributed by atoms with Crippen molar-refractivity contribution in [2.24, 2.45) is 0 Å². The third-order valence-electron chi connectivity index (χ3n) is 4.14. The molecule has 0 fully saturated rings. The first-order valence-corrected chi connectivity index (χ1v) is 8.74. The van der Waals surface area contributed by atoms with Crippen molar-refractivity contribution in [2.75, 3.05) is 11.9 Å². The van der Waals surface area contributed by atoms with Crippen molar-refractivity contribution < 1.29 is 9.59 Å². The number of aromatic amines is 1. The minimum Gasteiger partial charge on any atom is -0.352 e. The van der Waals surface area contributed by atoms with Crippen LogP contribution in [0, 0.1) is 0 Å². The van der Waals surface area contributed by atoms with Gasteiger partial charge in [0.25, 0.3) is 11.5 Å². The molecule has 28 heavy (non-hydrogen) atoms. The lowest BCUT2D eigenvalue weighted by Gasteiger charge is -2.08. The summed E-state index contributed by atoms with van der Waals surface area (Å²) in [5.74, 6) is -0.659. The Morgan fingerprint density at radius 1 is 1.21 bits per heavy atom. The number of pyridine rings is 1. The van der Waals surface area contributed by atoms with Gasteiger partial charge in [-0.1, -0.05) is 0 Å². The van der Waals surface area contributed by atoms with E-state index in [-0.39, 0.29) is 31.0 Å². The first kappa shape index (κ1) is 19.0. The lowest BCUT2D eigenvalue weighted by Crippen LogP contribution is -2.34. The molecule has 9 heteroatoms. The molecule has 0 aliphatic rings. The minimum atomic E-state index is -0.523. The summed E-state index contributed by atoms with van der Waals surface area (Å²) in [7, 11) is 0. The number of nitrogens with one attached hydrogen (secondary N) is 3. The van der Waals surface area contributed by atoms with E-state index in [0.29, 0.717) is 16.6 Å². The number of rotatable bonds is 6. The van der Waals surface area contributed by atoms with E-state index in [2.05, 4.69) is 20.6 Å². The van der Waals surface area contributed by atoms with Gasteiger partial charge in [-0.15, -0.1) is 0 Å². The Labute approximate surface area is 159 Å². The van der Waals surface area contributed by atoms with Crippen LogP contribution in [-0.2, 0) is 11.3 Å². The molecule has 2 aromatic heterocycles. The van der Waals surface area contributed by atoms with E-state index < -0.39 is 17.2 Å². The summed E-state index contributed by atoms with van der Waals surface area (Å²) in [6, 6.07) is 7.88. The Morgan fingerprint density at radius 3 is 2.75 bits per heavy atom. The molecule has 9 nitrogen and oxygen atoms in total. The maximum atomic E-state index is 12.3. The van der Waals surface area contributed by atoms with Crippen molar-refractivity contribution in [3.05, 3.63) is 69.1 Å². The number of hydrogen-bond acceptors (Lipinski definition) is 5. The zero-order chi connectivity index (χ0) is 20.1. The fourth-order valence-corrected chi connectivity index (χ4v) is 2.73. The molecule has 3 rings (SSSR count). The van der Waals surface area contributed by atoms with Crippen LogP contribution in [0.4, 0.5) is 5.69 Å². The molecule has 2 heterocycles. The first-order valence-electron chi connectivity index (χ1n) is 8.74. The molecular formula is C19H19N5O4. The van der Waals surface area contributed by atoms with Crippen molar-refractivity contribution in [3.63, 3.8) is 0 Å². The summed E-state index contributed by atoms with van der Waals surface area (Å²) >= 11 is 0. The quantitative estimate of drug-likeness (QED) is 0.584. The molecule has 0 saturated carbocycles. The standard InChI is InChI=1S/C19H19N5O4/c1-2-24-18(27)14-6-5-12(10-15(14)23-19(24)28)17(26)21-9-7-16(25)22-13-4-3-8-20-11-13/h3-6,8,10-11H,2,7,9H2,1H3,(H,21,26)(H,22,25)(H,23,28). The summed E-state index contributed by atoms with van der Waals surface area (Å²) < 4.78 is 1.09. The van der Waals surface area contributed by atoms with Gasteiger partial charge < -0.3 is 15.6 Å². The smallest absolute Gasteiger partial charge is 0.328 e. The Hall–Kier alpha value is -3.75. The van der Waals surface area contributed by atoms with Gasteiger partial charge in [0.15, 0.2) is 0 Å². The van der Waals surface area contributed by atoms with Gasteiger partial charge in [0.1, 0.15) is 0 Å². The van der Waals surface area contributed by atoms with Gasteiger partial charge in [-0.3, -0.25) is 23.9 Å². The second kappa shape index (κ2) is 8.30. The number of carbonyl (C=O) groups is 2. The van der Waals surface area contributed by atoms with E-state index in [0.717, 1.165) is 4.57 Å². The van der Waals surface area contributed by atoms with Gasteiger partial charge in [0.2, 0.25) is 5.91 Å². The van der Waals surface area contributed by atoms with Crippen LogP contribution in [0.3, 0.4) is 0 Å². The van der Waals surface area contributed by atoms with Crippen molar-refractivity contribution >= 4 is 28.4 Å². The first-order chi connectivity index (χ1) is 13.5. The minimum absolute atomic E-state index is 0.0895. The van der Waals surface area contributed by atoms with Gasteiger partial charge in [-0.2, -0.15) is 0 Å². The van der Waals surface area contributed by atoms with Crippen LogP contribution in [-0.4, -0.2) is 32.9 Å². The predicted molar refractivity (Wildman–Crippen MR) is 104 cm³/mol. The van der Waals surface area contributed by atoms with Gasteiger partial charge in [0.05, 0.1) is 22.8 Å². The summed E-state index contributed by atoms with van der Waals surface area (Å²) in [6.07, 6.45) is 3.22. The number of amides is 2. The molecular weight excluding hydrogens is 362 g/mol. The molecule has 0 aliphatic heterocycles. The van der Waals surface area contributed by atoms with Crippen molar-refractivity contribution in [1.82, 2.24) is 19.9 Å². The summed E-state index contributed by atoms with van der Waals surface area (Å²) in [6.45, 7) is 2.10. The molecule has 1 aromatic carbocycles. The van der Waals surface area contributed by atoms with Crippen LogP contribution in [0.15, 0.2) is 52.3 Å². The zero-order valence-corrected chi connectivity index (χ0v) is 15.2. The molecule has 0 bridgehead atoms. The van der Waals surface area contributed by atoms with Crippen molar-refractivity contribution in [3.8, 4) is 0 Å². The highest BCUT2D eigenvalue weighted by Gasteiger charge is 2.11. The Kier molecular flexibility index (Phi) is 5.64. The molecule has 144 valence electrons. The highest BCUT2D eigenvalue weighted by Crippen LogP contribution is 2.09. The van der Waals surface area contributed by atoms with Crippen LogP contribution in [0.5, 0.6) is 0 Å². The largest absolute Gasteiger partial charge is 0.352 e. The van der Waals surface area contributed by atoms with Gasteiger partial charge >= 0.3 is 5.69 Å². The Morgan fingerprint density at radius 2 is 2.04 bits per heavy atom. The zero-order valence-electron chi connectivity index (χ0n) is 15.2. The summed E-state index contributed by atoms with van der Waals surface area (Å²) in [5, 5.41) is 5.64. The maximum Gasteiger partial charge on any atom is 0.328 e. The molecule has 2 amide bonds. The van der Waals surface area contributed by atoms with Gasteiger partial charge in [-0.05, 0) is 37.3 Å². The van der Waals surface area contributed by atoms with E-state index in [1.165, 1.54) is 24.4 Å². The number of aromatic nitrogens is 3. The maximum absolute atomic E-state index is 12.3. The SMILES string of the molecule is CCn1c(=O)[nH]c2cc(C(=O)NCCC(=O)Nc3cccnc3)ccc2c1=O. The van der Waals surface area contributed by atoms with Crippen LogP contribution in [0.1, 0.15) is 23.7 Å². The summed E-state index contributed by atoms with van der Waals surface area (Å²) in [4.78, 5) is 54.8. The van der Waals surface area contributed by atoms with Crippen molar-refractivity contribution in [2.45, 2.75) is 19.9 Å². The number of nitrogens with zero attached hydrogens (tertiary/aromatic N) is 2. The van der Waals surface area contributed by atoms with E-state index in [9.17, 15) is 19.2 Å². The lowest BCUT2D eigenvalue weighted by molar-refractivity contribution is -0.116. The number of carbonyl (C=O) groups excluding carboxylic acids is 2. The second-order valence-corrected chi connectivity index (χ2v) is 6.04. The normalized spacial score (nSPS) is 10.6. The van der Waals surface area contributed by atoms with Crippen LogP contribution >= 0.6 is 0 Å². The second-order valence-electron chi connectivity index (χ2n) is 6.04. The summed E-state index contributed by atoms with van der Waals surface area (Å²) in [5.41, 5.74) is 0.228. The molecule has 0 spiro atoms. The molecule has 3 N–H and O–H groups in total. The van der Waals surface area contributed by atoms with E-state index in [1.807, 2.05) is 0 Å². The lowest BCUT2D eigenvalue weighted by atomic mass is 10.1. The van der Waals surface area contributed by atoms with E-state index in [1.54, 1.807) is 25.3 Å². The molecule has 3 aromatic rings. The topological polar surface area (TPSA) is 126 Å². The average Bonchev–Trinajstić information content (AvgIpc) is 2.68. The Bertz CT molecular complexity index is 1130. The van der Waals surface area contributed by atoms with Gasteiger partial charge in [-0.25, -0.2) is 4.79 Å². The predicted octanol–water partition coefficient (Wildman–Crippen LogP) is 0.863. The van der Waals surface area contributed by atoms with E-state index >= 15 is 0 Å². The molecule has 0 atom stereocenters. The monoisotopic (exact) mass is 381 g/mol. The number of anilines is 1.